The second-order valence-corrected chi connectivity index (χ2v) is 10.6. The first-order valence-corrected chi connectivity index (χ1v) is 13.5. The number of carbonyl (C=O) groups is 3. The lowest BCUT2D eigenvalue weighted by Gasteiger charge is -2.21. The zero-order valence-electron chi connectivity index (χ0n) is 22.3. The minimum Gasteiger partial charge on any atom is -0.366 e. The molecule has 0 bridgehead atoms. The van der Waals surface area contributed by atoms with Gasteiger partial charge < -0.3 is 20.5 Å². The molecule has 1 fully saturated rings. The number of primary amides is 1. The van der Waals surface area contributed by atoms with Crippen LogP contribution in [0.15, 0.2) is 66.7 Å². The molecule has 0 spiro atoms. The smallest absolute Gasteiger partial charge is 0.258 e. The van der Waals surface area contributed by atoms with Gasteiger partial charge in [-0.05, 0) is 72.0 Å². The molecule has 8 heteroatoms. The van der Waals surface area contributed by atoms with Crippen molar-refractivity contribution >= 4 is 50.9 Å². The topological polar surface area (TPSA) is 123 Å². The first-order valence-electron chi connectivity index (χ1n) is 13.5. The lowest BCUT2D eigenvalue weighted by molar-refractivity contribution is -0.117. The molecule has 3 heterocycles. The SMILES string of the molecule is Cc1c(-c2ccc(C(N)=O)c3[nH]c4cc(N5CCCC5=O)ccc4c23)cccc1N1Cc2ccc(C#N)cc2C1=O. The highest BCUT2D eigenvalue weighted by molar-refractivity contribution is 6.21. The Morgan fingerprint density at radius 2 is 1.83 bits per heavy atom. The standard InChI is InChI=1S/C33H25N5O3/c1-18-22(4-2-5-28(18)38-17-20-8-7-19(16-34)14-26(20)33(38)41)23-11-12-25(32(35)40)31-30(23)24-10-9-21(15-27(24)36-31)37-13-3-6-29(37)39/h2,4-5,7-12,14-15,36H,3,6,13,17H2,1H3,(H2,35,40). The third-order valence-corrected chi connectivity index (χ3v) is 8.32. The number of aromatic nitrogens is 1. The van der Waals surface area contributed by atoms with Gasteiger partial charge in [0.25, 0.3) is 11.8 Å². The van der Waals surface area contributed by atoms with E-state index >= 15 is 0 Å². The number of hydrogen-bond acceptors (Lipinski definition) is 4. The summed E-state index contributed by atoms with van der Waals surface area (Å²) in [5, 5.41) is 11.1. The number of amides is 3. The molecular formula is C33H25N5O3. The van der Waals surface area contributed by atoms with Gasteiger partial charge in [0.15, 0.2) is 0 Å². The van der Waals surface area contributed by atoms with Crippen molar-refractivity contribution in [1.29, 1.82) is 5.26 Å². The molecule has 2 aliphatic heterocycles. The van der Waals surface area contributed by atoms with Crippen LogP contribution >= 0.6 is 0 Å². The van der Waals surface area contributed by atoms with Crippen molar-refractivity contribution in [2.75, 3.05) is 16.3 Å². The van der Waals surface area contributed by atoms with Gasteiger partial charge in [0.2, 0.25) is 5.91 Å². The van der Waals surface area contributed by atoms with Crippen molar-refractivity contribution < 1.29 is 14.4 Å². The summed E-state index contributed by atoms with van der Waals surface area (Å²) in [5.74, 6) is -0.567. The molecule has 0 atom stereocenters. The van der Waals surface area contributed by atoms with Crippen LogP contribution in [-0.4, -0.2) is 29.3 Å². The molecule has 0 unspecified atom stereocenters. The number of nitrogens with one attached hydrogen (secondary N) is 1. The summed E-state index contributed by atoms with van der Waals surface area (Å²) in [7, 11) is 0. The fourth-order valence-electron chi connectivity index (χ4n) is 6.29. The summed E-state index contributed by atoms with van der Waals surface area (Å²) < 4.78 is 0. The molecule has 1 aromatic heterocycles. The third-order valence-electron chi connectivity index (χ3n) is 8.32. The van der Waals surface area contributed by atoms with Crippen molar-refractivity contribution in [3.05, 3.63) is 94.5 Å². The van der Waals surface area contributed by atoms with Gasteiger partial charge >= 0.3 is 0 Å². The summed E-state index contributed by atoms with van der Waals surface area (Å²) in [6, 6.07) is 22.7. The number of rotatable bonds is 4. The van der Waals surface area contributed by atoms with E-state index in [1.54, 1.807) is 28.0 Å². The quantitative estimate of drug-likeness (QED) is 0.311. The first kappa shape index (κ1) is 24.6. The number of nitrogens with zero attached hydrogens (tertiary/aromatic N) is 3. The van der Waals surface area contributed by atoms with E-state index < -0.39 is 5.91 Å². The number of carbonyl (C=O) groups excluding carboxylic acids is 3. The number of nitriles is 1. The minimum atomic E-state index is -0.536. The normalized spacial score (nSPS) is 14.7. The van der Waals surface area contributed by atoms with E-state index in [0.717, 1.165) is 56.3 Å². The average molecular weight is 540 g/mol. The Labute approximate surface area is 235 Å². The third kappa shape index (κ3) is 3.70. The highest BCUT2D eigenvalue weighted by Crippen LogP contribution is 2.42. The van der Waals surface area contributed by atoms with Crippen LogP contribution in [0.4, 0.5) is 11.4 Å². The highest BCUT2D eigenvalue weighted by Gasteiger charge is 2.30. The molecule has 3 amide bonds. The number of benzene rings is 4. The largest absolute Gasteiger partial charge is 0.366 e. The molecule has 7 rings (SSSR count). The number of H-pyrrole nitrogens is 1. The van der Waals surface area contributed by atoms with E-state index in [4.69, 9.17) is 5.73 Å². The monoisotopic (exact) mass is 539 g/mol. The van der Waals surface area contributed by atoms with Crippen molar-refractivity contribution in [3.8, 4) is 17.2 Å². The Kier molecular flexibility index (Phi) is 5.44. The number of anilines is 2. The van der Waals surface area contributed by atoms with Gasteiger partial charge in [0.05, 0.1) is 29.3 Å². The van der Waals surface area contributed by atoms with Crippen LogP contribution in [0.25, 0.3) is 32.9 Å². The Morgan fingerprint density at radius 3 is 2.59 bits per heavy atom. The van der Waals surface area contributed by atoms with Crippen LogP contribution in [0.1, 0.15) is 50.2 Å². The van der Waals surface area contributed by atoms with Crippen LogP contribution < -0.4 is 15.5 Å². The van der Waals surface area contributed by atoms with E-state index in [2.05, 4.69) is 11.1 Å². The lowest BCUT2D eigenvalue weighted by Crippen LogP contribution is -2.24. The zero-order chi connectivity index (χ0) is 28.4. The number of fused-ring (bicyclic) bond motifs is 4. The van der Waals surface area contributed by atoms with Crippen molar-refractivity contribution in [2.45, 2.75) is 26.3 Å². The number of nitrogens with two attached hydrogens (primary N) is 1. The molecule has 200 valence electrons. The van der Waals surface area contributed by atoms with Crippen LogP contribution in [0.5, 0.6) is 0 Å². The van der Waals surface area contributed by atoms with Crippen molar-refractivity contribution in [2.24, 2.45) is 5.73 Å². The van der Waals surface area contributed by atoms with Crippen LogP contribution in [-0.2, 0) is 11.3 Å². The molecule has 0 aliphatic carbocycles. The number of aromatic amines is 1. The maximum atomic E-state index is 13.4. The summed E-state index contributed by atoms with van der Waals surface area (Å²) in [4.78, 5) is 45.2. The van der Waals surface area contributed by atoms with E-state index in [9.17, 15) is 19.6 Å². The van der Waals surface area contributed by atoms with E-state index in [1.807, 2.05) is 55.5 Å². The van der Waals surface area contributed by atoms with Crippen molar-refractivity contribution in [3.63, 3.8) is 0 Å². The molecule has 1 saturated heterocycles. The fraction of sp³-hybridized carbons (Fsp3) is 0.152. The minimum absolute atomic E-state index is 0.105. The summed E-state index contributed by atoms with van der Waals surface area (Å²) >= 11 is 0. The molecule has 5 aromatic rings. The maximum absolute atomic E-state index is 13.4. The summed E-state index contributed by atoms with van der Waals surface area (Å²) in [6.07, 6.45) is 1.37. The molecule has 0 radical (unpaired) electrons. The molecule has 0 saturated carbocycles. The Bertz CT molecular complexity index is 2020. The maximum Gasteiger partial charge on any atom is 0.258 e. The van der Waals surface area contributed by atoms with Gasteiger partial charge in [-0.15, -0.1) is 0 Å². The second-order valence-electron chi connectivity index (χ2n) is 10.6. The summed E-state index contributed by atoms with van der Waals surface area (Å²) in [5.41, 5.74) is 13.8. The van der Waals surface area contributed by atoms with E-state index in [-0.39, 0.29) is 11.8 Å². The Balaban J connectivity index is 1.39. The molecule has 4 aromatic carbocycles. The fourth-order valence-corrected chi connectivity index (χ4v) is 6.29. The summed E-state index contributed by atoms with van der Waals surface area (Å²) in [6.45, 7) is 3.10. The number of hydrogen-bond donors (Lipinski definition) is 2. The van der Waals surface area contributed by atoms with Gasteiger partial charge in [0, 0.05) is 46.2 Å². The van der Waals surface area contributed by atoms with Crippen LogP contribution in [0.3, 0.4) is 0 Å². The first-order chi connectivity index (χ1) is 19.9. The molecule has 41 heavy (non-hydrogen) atoms. The van der Waals surface area contributed by atoms with Gasteiger partial charge in [-0.1, -0.05) is 30.3 Å². The predicted molar refractivity (Wildman–Crippen MR) is 158 cm³/mol. The van der Waals surface area contributed by atoms with Crippen LogP contribution in [0, 0.1) is 18.3 Å². The van der Waals surface area contributed by atoms with Gasteiger partial charge in [-0.3, -0.25) is 14.4 Å². The average Bonchev–Trinajstić information content (AvgIpc) is 3.67. The van der Waals surface area contributed by atoms with E-state index in [0.29, 0.717) is 41.7 Å². The highest BCUT2D eigenvalue weighted by atomic mass is 16.2. The second kappa shape index (κ2) is 9.07. The molecule has 2 aliphatic rings. The Morgan fingerprint density at radius 1 is 0.976 bits per heavy atom. The van der Waals surface area contributed by atoms with Gasteiger partial charge in [-0.25, -0.2) is 0 Å². The zero-order valence-corrected chi connectivity index (χ0v) is 22.3. The predicted octanol–water partition coefficient (Wildman–Crippen LogP) is 5.55. The molecule has 3 N–H and O–H groups in total. The molecular weight excluding hydrogens is 514 g/mol. The van der Waals surface area contributed by atoms with Crippen LogP contribution in [0.2, 0.25) is 0 Å². The molecule has 8 nitrogen and oxygen atoms in total. The van der Waals surface area contributed by atoms with E-state index in [1.165, 1.54) is 0 Å². The van der Waals surface area contributed by atoms with Gasteiger partial charge in [-0.2, -0.15) is 5.26 Å². The van der Waals surface area contributed by atoms with Gasteiger partial charge in [0.1, 0.15) is 0 Å². The Hall–Kier alpha value is -5.42. The lowest BCUT2D eigenvalue weighted by atomic mass is 9.93. The van der Waals surface area contributed by atoms with Crippen molar-refractivity contribution in [1.82, 2.24) is 4.98 Å².